The van der Waals surface area contributed by atoms with Gasteiger partial charge in [-0.05, 0) is 44.0 Å². The molecule has 0 fully saturated rings. The summed E-state index contributed by atoms with van der Waals surface area (Å²) >= 11 is 0. The molecule has 1 aromatic heterocycles. The first-order chi connectivity index (χ1) is 12.9. The van der Waals surface area contributed by atoms with E-state index in [-0.39, 0.29) is 4.90 Å². The van der Waals surface area contributed by atoms with E-state index in [9.17, 15) is 13.2 Å². The summed E-state index contributed by atoms with van der Waals surface area (Å²) in [5, 5.41) is 3.09. The number of hydrogen-bond acceptors (Lipinski definition) is 5. The number of rotatable bonds is 8. The molecule has 27 heavy (non-hydrogen) atoms. The lowest BCUT2D eigenvalue weighted by molar-refractivity contribution is 0.205. The van der Waals surface area contributed by atoms with Crippen molar-refractivity contribution in [2.24, 2.45) is 0 Å². The molecule has 0 radical (unpaired) electrons. The molecule has 1 heterocycles. The van der Waals surface area contributed by atoms with Gasteiger partial charge in [-0.2, -0.15) is 0 Å². The Bertz CT molecular complexity index is 884. The van der Waals surface area contributed by atoms with E-state index in [2.05, 4.69) is 15.0 Å². The maximum absolute atomic E-state index is 12.8. The summed E-state index contributed by atoms with van der Waals surface area (Å²) in [6.45, 7) is 6.72. The van der Waals surface area contributed by atoms with Crippen molar-refractivity contribution in [3.05, 3.63) is 48.3 Å². The smallest absolute Gasteiger partial charge is 0.331 e. The molecule has 7 nitrogen and oxygen atoms in total. The molecule has 0 saturated carbocycles. The van der Waals surface area contributed by atoms with Gasteiger partial charge in [0, 0.05) is 31.2 Å². The number of unbranched alkanes of at least 4 members (excludes halogenated alkanes) is 1. The molecule has 0 unspecified atom stereocenters. The number of hydrogen-bond donors (Lipinski definition) is 2. The summed E-state index contributed by atoms with van der Waals surface area (Å²) in [5.74, 6) is 0. The number of nitrogens with zero attached hydrogens (tertiary/aromatic N) is 2. The van der Waals surface area contributed by atoms with Crippen LogP contribution in [0.25, 0.3) is 0 Å². The predicted octanol–water partition coefficient (Wildman–Crippen LogP) is 3.65. The lowest BCUT2D eigenvalue weighted by Gasteiger charge is -2.21. The van der Waals surface area contributed by atoms with E-state index < -0.39 is 16.1 Å². The largest absolute Gasteiger partial charge is 0.354 e. The summed E-state index contributed by atoms with van der Waals surface area (Å²) in [4.78, 5) is 17.7. The van der Waals surface area contributed by atoms with Crippen molar-refractivity contribution in [3.8, 4) is 0 Å². The molecule has 0 aliphatic rings. The summed E-state index contributed by atoms with van der Waals surface area (Å²) in [7, 11) is -4.07. The Hall–Kier alpha value is -2.61. The number of sulfonamides is 1. The normalized spacial score (nSPS) is 11.1. The van der Waals surface area contributed by atoms with E-state index in [1.165, 1.54) is 17.3 Å². The van der Waals surface area contributed by atoms with Crippen LogP contribution < -0.4 is 10.0 Å². The van der Waals surface area contributed by atoms with Crippen molar-refractivity contribution in [1.82, 2.24) is 14.6 Å². The first-order valence-electron chi connectivity index (χ1n) is 8.96. The highest BCUT2D eigenvalue weighted by atomic mass is 32.2. The van der Waals surface area contributed by atoms with Crippen molar-refractivity contribution >= 4 is 27.4 Å². The summed E-state index contributed by atoms with van der Waals surface area (Å²) in [6, 6.07) is 8.50. The number of aromatic nitrogens is 1. The van der Waals surface area contributed by atoms with Crippen molar-refractivity contribution in [2.45, 2.75) is 38.5 Å². The van der Waals surface area contributed by atoms with Crippen molar-refractivity contribution in [3.63, 3.8) is 0 Å². The SMILES string of the molecule is CCCCN(CC)C(=O)NS(=O)(=O)c1cnccc1Nc1cccc(C)c1. The number of urea groups is 1. The fraction of sp³-hybridized carbons (Fsp3) is 0.368. The zero-order valence-electron chi connectivity index (χ0n) is 15.9. The van der Waals surface area contributed by atoms with E-state index in [0.717, 1.165) is 24.1 Å². The zero-order chi connectivity index (χ0) is 19.9. The number of pyridine rings is 1. The van der Waals surface area contributed by atoms with Gasteiger partial charge < -0.3 is 10.2 Å². The minimum absolute atomic E-state index is 0.0774. The van der Waals surface area contributed by atoms with Gasteiger partial charge in [0.05, 0.1) is 5.69 Å². The van der Waals surface area contributed by atoms with Crippen LogP contribution in [0.15, 0.2) is 47.6 Å². The molecule has 8 heteroatoms. The molecule has 0 saturated heterocycles. The van der Waals surface area contributed by atoms with Crippen LogP contribution in [0.1, 0.15) is 32.3 Å². The Morgan fingerprint density at radius 2 is 2.00 bits per heavy atom. The van der Waals surface area contributed by atoms with Gasteiger partial charge in [0.25, 0.3) is 10.0 Å². The second-order valence-electron chi connectivity index (χ2n) is 6.21. The fourth-order valence-corrected chi connectivity index (χ4v) is 3.64. The molecule has 0 spiro atoms. The average molecular weight is 391 g/mol. The van der Waals surface area contributed by atoms with Crippen LogP contribution in [0.5, 0.6) is 0 Å². The maximum atomic E-state index is 12.8. The highest BCUT2D eigenvalue weighted by Crippen LogP contribution is 2.24. The predicted molar refractivity (Wildman–Crippen MR) is 107 cm³/mol. The van der Waals surface area contributed by atoms with Crippen molar-refractivity contribution < 1.29 is 13.2 Å². The summed E-state index contributed by atoms with van der Waals surface area (Å²) in [5.41, 5.74) is 2.15. The van der Waals surface area contributed by atoms with Crippen LogP contribution in [0, 0.1) is 6.92 Å². The van der Waals surface area contributed by atoms with Gasteiger partial charge in [-0.1, -0.05) is 25.5 Å². The summed E-state index contributed by atoms with van der Waals surface area (Å²) in [6.07, 6.45) is 4.46. The quantitative estimate of drug-likeness (QED) is 0.718. The molecule has 2 N–H and O–H groups in total. The van der Waals surface area contributed by atoms with Gasteiger partial charge in [0.2, 0.25) is 0 Å². The number of anilines is 2. The van der Waals surface area contributed by atoms with E-state index in [1.54, 1.807) is 6.07 Å². The minimum Gasteiger partial charge on any atom is -0.354 e. The molecular formula is C19H26N4O3S. The Labute approximate surface area is 160 Å². The number of carbonyl (C=O) groups excluding carboxylic acids is 1. The van der Waals surface area contributed by atoms with E-state index in [0.29, 0.717) is 18.8 Å². The molecule has 146 valence electrons. The fourth-order valence-electron chi connectivity index (χ4n) is 2.56. The lowest BCUT2D eigenvalue weighted by atomic mass is 10.2. The van der Waals surface area contributed by atoms with Gasteiger partial charge in [-0.3, -0.25) is 4.98 Å². The van der Waals surface area contributed by atoms with Crippen molar-refractivity contribution in [1.29, 1.82) is 0 Å². The number of aryl methyl sites for hydroxylation is 1. The Balaban J connectivity index is 2.24. The third-order valence-electron chi connectivity index (χ3n) is 4.04. The maximum Gasteiger partial charge on any atom is 0.331 e. The molecule has 0 aliphatic carbocycles. The van der Waals surface area contributed by atoms with Gasteiger partial charge in [-0.15, -0.1) is 0 Å². The molecule has 2 rings (SSSR count). The number of amides is 2. The Morgan fingerprint density at radius 1 is 1.22 bits per heavy atom. The molecule has 0 bridgehead atoms. The molecular weight excluding hydrogens is 364 g/mol. The Morgan fingerprint density at radius 3 is 2.67 bits per heavy atom. The molecule has 2 aromatic rings. The lowest BCUT2D eigenvalue weighted by Crippen LogP contribution is -2.43. The third-order valence-corrected chi connectivity index (χ3v) is 5.39. The van der Waals surface area contributed by atoms with Crippen LogP contribution >= 0.6 is 0 Å². The zero-order valence-corrected chi connectivity index (χ0v) is 16.7. The molecule has 2 amide bonds. The molecule has 1 aromatic carbocycles. The van der Waals surface area contributed by atoms with Crippen LogP contribution in [-0.2, 0) is 10.0 Å². The summed E-state index contributed by atoms with van der Waals surface area (Å²) < 4.78 is 27.7. The van der Waals surface area contributed by atoms with Crippen LogP contribution in [0.2, 0.25) is 0 Å². The van der Waals surface area contributed by atoms with Gasteiger partial charge in [0.1, 0.15) is 4.90 Å². The van der Waals surface area contributed by atoms with Crippen LogP contribution in [0.3, 0.4) is 0 Å². The number of benzene rings is 1. The third kappa shape index (κ3) is 5.68. The highest BCUT2D eigenvalue weighted by Gasteiger charge is 2.24. The standard InChI is InChI=1S/C19H26N4O3S/c1-4-6-12-23(5-2)19(24)22-27(25,26)18-14-20-11-10-17(18)21-16-9-7-8-15(3)13-16/h7-11,13-14H,4-6,12H2,1-3H3,(H,20,21)(H,22,24). The van der Waals surface area contributed by atoms with Gasteiger partial charge in [-0.25, -0.2) is 17.9 Å². The second-order valence-corrected chi connectivity index (χ2v) is 7.86. The monoisotopic (exact) mass is 390 g/mol. The first kappa shape index (κ1) is 20.7. The van der Waals surface area contributed by atoms with E-state index >= 15 is 0 Å². The van der Waals surface area contributed by atoms with Crippen LogP contribution in [-0.4, -0.2) is 37.4 Å². The average Bonchev–Trinajstić information content (AvgIpc) is 2.62. The first-order valence-corrected chi connectivity index (χ1v) is 10.4. The Kier molecular flexibility index (Phi) is 7.18. The van der Waals surface area contributed by atoms with Gasteiger partial charge >= 0.3 is 6.03 Å². The second kappa shape index (κ2) is 9.36. The van der Waals surface area contributed by atoms with Crippen LogP contribution in [0.4, 0.5) is 16.2 Å². The van der Waals surface area contributed by atoms with Crippen molar-refractivity contribution in [2.75, 3.05) is 18.4 Å². The minimum atomic E-state index is -4.07. The van der Waals surface area contributed by atoms with E-state index in [1.807, 2.05) is 45.0 Å². The van der Waals surface area contributed by atoms with E-state index in [4.69, 9.17) is 0 Å². The van der Waals surface area contributed by atoms with Gasteiger partial charge in [0.15, 0.2) is 0 Å². The number of carbonyl (C=O) groups is 1. The molecule has 0 atom stereocenters. The topological polar surface area (TPSA) is 91.4 Å². The highest BCUT2D eigenvalue weighted by molar-refractivity contribution is 7.90. The molecule has 0 aliphatic heterocycles. The number of nitrogens with one attached hydrogen (secondary N) is 2.